The van der Waals surface area contributed by atoms with Crippen molar-refractivity contribution in [1.82, 2.24) is 25.3 Å². The Morgan fingerprint density at radius 2 is 2.04 bits per heavy atom. The molecule has 1 amide bonds. The minimum Gasteiger partial charge on any atom is -0.368 e. The van der Waals surface area contributed by atoms with E-state index in [0.29, 0.717) is 38.0 Å². The third-order valence-electron chi connectivity index (χ3n) is 4.37. The molecule has 2 aliphatic rings. The van der Waals surface area contributed by atoms with E-state index in [1.54, 1.807) is 6.92 Å². The second-order valence-corrected chi connectivity index (χ2v) is 6.21. The topological polar surface area (TPSA) is 96.1 Å². The molecule has 3 heterocycles. The summed E-state index contributed by atoms with van der Waals surface area (Å²) < 4.78 is 10.5. The number of aliphatic imine (C=N–C) groups is 1. The maximum Gasteiger partial charge on any atom is 0.251 e. The van der Waals surface area contributed by atoms with E-state index in [0.717, 1.165) is 38.4 Å². The highest BCUT2D eigenvalue weighted by molar-refractivity contribution is 14.0. The van der Waals surface area contributed by atoms with Crippen LogP contribution in [0.15, 0.2) is 9.52 Å². The van der Waals surface area contributed by atoms with E-state index in [9.17, 15) is 4.79 Å². The van der Waals surface area contributed by atoms with Gasteiger partial charge < -0.3 is 24.4 Å². The lowest BCUT2D eigenvalue weighted by Crippen LogP contribution is -2.55. The van der Waals surface area contributed by atoms with Crippen molar-refractivity contribution in [2.75, 3.05) is 39.3 Å². The summed E-state index contributed by atoms with van der Waals surface area (Å²) in [6, 6.07) is 0. The van der Waals surface area contributed by atoms with E-state index < -0.39 is 0 Å². The SMILES string of the molecule is CCNC(=NCc1noc(C)n1)N1CCN(C(=O)C2CCCO2)CC1.I. The molecule has 10 heteroatoms. The summed E-state index contributed by atoms with van der Waals surface area (Å²) in [4.78, 5) is 25.2. The van der Waals surface area contributed by atoms with Crippen LogP contribution in [0.25, 0.3) is 0 Å². The summed E-state index contributed by atoms with van der Waals surface area (Å²) in [5, 5.41) is 7.16. The van der Waals surface area contributed by atoms with Gasteiger partial charge in [0, 0.05) is 46.3 Å². The van der Waals surface area contributed by atoms with Crippen LogP contribution in [-0.2, 0) is 16.1 Å². The minimum absolute atomic E-state index is 0. The van der Waals surface area contributed by atoms with Crippen molar-refractivity contribution in [2.45, 2.75) is 39.3 Å². The fourth-order valence-electron chi connectivity index (χ4n) is 3.09. The first-order chi connectivity index (χ1) is 12.2. The van der Waals surface area contributed by atoms with Gasteiger partial charge in [0.25, 0.3) is 5.91 Å². The van der Waals surface area contributed by atoms with Gasteiger partial charge in [-0.15, -0.1) is 24.0 Å². The number of hydrogen-bond acceptors (Lipinski definition) is 6. The number of piperazine rings is 1. The van der Waals surface area contributed by atoms with E-state index in [1.165, 1.54) is 0 Å². The number of aromatic nitrogens is 2. The zero-order chi connectivity index (χ0) is 17.6. The lowest BCUT2D eigenvalue weighted by molar-refractivity contribution is -0.142. The number of ether oxygens (including phenoxy) is 1. The molecule has 3 rings (SSSR count). The Labute approximate surface area is 170 Å². The van der Waals surface area contributed by atoms with Gasteiger partial charge in [-0.1, -0.05) is 5.16 Å². The van der Waals surface area contributed by atoms with Crippen LogP contribution in [0.3, 0.4) is 0 Å². The molecular weight excluding hydrogens is 451 g/mol. The van der Waals surface area contributed by atoms with E-state index in [4.69, 9.17) is 9.26 Å². The lowest BCUT2D eigenvalue weighted by Gasteiger charge is -2.37. The zero-order valence-corrected chi connectivity index (χ0v) is 17.6. The second-order valence-electron chi connectivity index (χ2n) is 6.21. The standard InChI is InChI=1S/C16H26N6O3.HI/c1-3-17-16(18-11-14-19-12(2)25-20-14)22-8-6-21(7-9-22)15(23)13-5-4-10-24-13;/h13H,3-11H2,1-2H3,(H,17,18);1H. The molecule has 2 aliphatic heterocycles. The first-order valence-electron chi connectivity index (χ1n) is 8.90. The maximum atomic E-state index is 12.4. The smallest absolute Gasteiger partial charge is 0.251 e. The van der Waals surface area contributed by atoms with Crippen molar-refractivity contribution in [2.24, 2.45) is 4.99 Å². The molecule has 0 saturated carbocycles. The van der Waals surface area contributed by atoms with E-state index in [1.807, 2.05) is 11.8 Å². The molecule has 0 aliphatic carbocycles. The number of guanidine groups is 1. The van der Waals surface area contributed by atoms with Gasteiger partial charge in [-0.3, -0.25) is 4.79 Å². The third-order valence-corrected chi connectivity index (χ3v) is 4.37. The molecule has 146 valence electrons. The highest BCUT2D eigenvalue weighted by atomic mass is 127. The molecular formula is C16H27IN6O3. The van der Waals surface area contributed by atoms with Gasteiger partial charge in [-0.2, -0.15) is 4.98 Å². The van der Waals surface area contributed by atoms with Crippen molar-refractivity contribution in [3.63, 3.8) is 0 Å². The molecule has 0 bridgehead atoms. The number of rotatable bonds is 4. The molecule has 1 aromatic heterocycles. The molecule has 0 aromatic carbocycles. The summed E-state index contributed by atoms with van der Waals surface area (Å²) in [6.45, 7) is 8.50. The fraction of sp³-hybridized carbons (Fsp3) is 0.750. The predicted molar refractivity (Wildman–Crippen MR) is 106 cm³/mol. The molecule has 1 aromatic rings. The van der Waals surface area contributed by atoms with Gasteiger partial charge in [0.2, 0.25) is 5.89 Å². The zero-order valence-electron chi connectivity index (χ0n) is 15.3. The Morgan fingerprint density at radius 1 is 1.31 bits per heavy atom. The van der Waals surface area contributed by atoms with Crippen molar-refractivity contribution in [3.05, 3.63) is 11.7 Å². The van der Waals surface area contributed by atoms with Crippen LogP contribution < -0.4 is 5.32 Å². The molecule has 9 nitrogen and oxygen atoms in total. The van der Waals surface area contributed by atoms with Crippen LogP contribution >= 0.6 is 24.0 Å². The van der Waals surface area contributed by atoms with Crippen LogP contribution in [0.1, 0.15) is 31.5 Å². The normalized spacial score (nSPS) is 20.8. The Morgan fingerprint density at radius 3 is 2.62 bits per heavy atom. The number of nitrogens with zero attached hydrogens (tertiary/aromatic N) is 5. The van der Waals surface area contributed by atoms with Crippen molar-refractivity contribution < 1.29 is 14.1 Å². The number of halogens is 1. The quantitative estimate of drug-likeness (QED) is 0.388. The second kappa shape index (κ2) is 10.0. The highest BCUT2D eigenvalue weighted by Gasteiger charge is 2.30. The molecule has 1 unspecified atom stereocenters. The van der Waals surface area contributed by atoms with E-state index in [-0.39, 0.29) is 36.0 Å². The Hall–Kier alpha value is -1.43. The van der Waals surface area contributed by atoms with E-state index >= 15 is 0 Å². The molecule has 2 saturated heterocycles. The van der Waals surface area contributed by atoms with Gasteiger partial charge in [-0.25, -0.2) is 4.99 Å². The molecule has 26 heavy (non-hydrogen) atoms. The van der Waals surface area contributed by atoms with Gasteiger partial charge in [-0.05, 0) is 19.8 Å². The van der Waals surface area contributed by atoms with Gasteiger partial charge in [0.15, 0.2) is 11.8 Å². The number of hydrogen-bond donors (Lipinski definition) is 1. The highest BCUT2D eigenvalue weighted by Crippen LogP contribution is 2.16. The number of aryl methyl sites for hydroxylation is 1. The van der Waals surface area contributed by atoms with Crippen LogP contribution in [0.5, 0.6) is 0 Å². The largest absolute Gasteiger partial charge is 0.368 e. The number of carbonyl (C=O) groups is 1. The Balaban J connectivity index is 0.00000243. The van der Waals surface area contributed by atoms with Crippen LogP contribution in [0.2, 0.25) is 0 Å². The number of amides is 1. The predicted octanol–water partition coefficient (Wildman–Crippen LogP) is 0.785. The van der Waals surface area contributed by atoms with Gasteiger partial charge >= 0.3 is 0 Å². The first-order valence-corrected chi connectivity index (χ1v) is 8.90. The first kappa shape index (κ1) is 20.9. The summed E-state index contributed by atoms with van der Waals surface area (Å²) >= 11 is 0. The number of carbonyl (C=O) groups excluding carboxylic acids is 1. The minimum atomic E-state index is -0.241. The summed E-state index contributed by atoms with van der Waals surface area (Å²) in [7, 11) is 0. The van der Waals surface area contributed by atoms with Gasteiger partial charge in [0.1, 0.15) is 12.6 Å². The maximum absolute atomic E-state index is 12.4. The summed E-state index contributed by atoms with van der Waals surface area (Å²) in [6.07, 6.45) is 1.58. The lowest BCUT2D eigenvalue weighted by atomic mass is 10.2. The van der Waals surface area contributed by atoms with Crippen molar-refractivity contribution >= 4 is 35.8 Å². The van der Waals surface area contributed by atoms with E-state index in [2.05, 4.69) is 25.3 Å². The van der Waals surface area contributed by atoms with Gasteiger partial charge in [0.05, 0.1) is 0 Å². The molecule has 0 radical (unpaired) electrons. The van der Waals surface area contributed by atoms with Crippen molar-refractivity contribution in [3.8, 4) is 0 Å². The van der Waals surface area contributed by atoms with Crippen LogP contribution in [0, 0.1) is 6.92 Å². The third kappa shape index (κ3) is 5.29. The average Bonchev–Trinajstić information content (AvgIpc) is 3.30. The molecule has 1 atom stereocenters. The number of nitrogens with one attached hydrogen (secondary N) is 1. The average molecular weight is 478 g/mol. The molecule has 2 fully saturated rings. The van der Waals surface area contributed by atoms with Crippen LogP contribution in [-0.4, -0.2) is 77.2 Å². The Kier molecular flexibility index (Phi) is 8.07. The molecule has 0 spiro atoms. The summed E-state index contributed by atoms with van der Waals surface area (Å²) in [5.74, 6) is 2.05. The molecule has 1 N–H and O–H groups in total. The monoisotopic (exact) mass is 478 g/mol. The summed E-state index contributed by atoms with van der Waals surface area (Å²) in [5.41, 5.74) is 0. The fourth-order valence-corrected chi connectivity index (χ4v) is 3.09. The van der Waals surface area contributed by atoms with Crippen LogP contribution in [0.4, 0.5) is 0 Å². The van der Waals surface area contributed by atoms with Crippen molar-refractivity contribution in [1.29, 1.82) is 0 Å². The Bertz CT molecular complexity index is 609.